The summed E-state index contributed by atoms with van der Waals surface area (Å²) in [5.74, 6) is 0.351. The van der Waals surface area contributed by atoms with E-state index in [2.05, 4.69) is 31.0 Å². The quantitative estimate of drug-likeness (QED) is 0.722. The van der Waals surface area contributed by atoms with Gasteiger partial charge in [0.1, 0.15) is 0 Å². The van der Waals surface area contributed by atoms with Crippen LogP contribution in [0, 0.1) is 0 Å². The van der Waals surface area contributed by atoms with Crippen LogP contribution < -0.4 is 5.32 Å². The van der Waals surface area contributed by atoms with Gasteiger partial charge in [0.15, 0.2) is 0 Å². The molecule has 18 heavy (non-hydrogen) atoms. The Morgan fingerprint density at radius 1 is 1.17 bits per heavy atom. The molecule has 1 heterocycles. The Balaban J connectivity index is 2.66. The Morgan fingerprint density at radius 3 is 2.17 bits per heavy atom. The van der Waals surface area contributed by atoms with Crippen molar-refractivity contribution in [2.45, 2.75) is 71.3 Å². The number of nitrogens with one attached hydrogen (secondary N) is 1. The van der Waals surface area contributed by atoms with Gasteiger partial charge in [-0.3, -0.25) is 4.79 Å². The van der Waals surface area contributed by atoms with E-state index in [0.717, 1.165) is 64.6 Å². The van der Waals surface area contributed by atoms with Crippen LogP contribution in [0.4, 0.5) is 0 Å². The molecule has 0 aliphatic carbocycles. The molecule has 0 aromatic heterocycles. The van der Waals surface area contributed by atoms with Crippen LogP contribution in [0.25, 0.3) is 0 Å². The number of rotatable bonds is 8. The van der Waals surface area contributed by atoms with Crippen molar-refractivity contribution in [2.24, 2.45) is 0 Å². The second kappa shape index (κ2) is 7.78. The molecule has 1 amide bonds. The van der Waals surface area contributed by atoms with Gasteiger partial charge in [0, 0.05) is 13.1 Å². The molecule has 0 bridgehead atoms. The van der Waals surface area contributed by atoms with Gasteiger partial charge >= 0.3 is 0 Å². The first-order valence-corrected chi connectivity index (χ1v) is 7.74. The minimum atomic E-state index is -0.249. The van der Waals surface area contributed by atoms with Gasteiger partial charge in [0.25, 0.3) is 0 Å². The molecule has 106 valence electrons. The van der Waals surface area contributed by atoms with Crippen LogP contribution in [0.2, 0.25) is 0 Å². The molecule has 1 N–H and O–H groups in total. The molecule has 0 saturated carbocycles. The van der Waals surface area contributed by atoms with Crippen molar-refractivity contribution < 1.29 is 4.79 Å². The Hall–Kier alpha value is -0.570. The van der Waals surface area contributed by atoms with Crippen LogP contribution in [0.3, 0.4) is 0 Å². The van der Waals surface area contributed by atoms with Gasteiger partial charge in [0.05, 0.1) is 5.54 Å². The van der Waals surface area contributed by atoms with E-state index in [0.29, 0.717) is 5.91 Å². The van der Waals surface area contributed by atoms with Crippen molar-refractivity contribution in [3.05, 3.63) is 0 Å². The SMILES string of the molecule is CCCCN(CCCC)C(=O)C1(CC)CCCN1. The zero-order chi connectivity index (χ0) is 13.4. The Kier molecular flexibility index (Phi) is 6.69. The van der Waals surface area contributed by atoms with E-state index in [1.807, 2.05) is 0 Å². The second-order valence-electron chi connectivity index (χ2n) is 5.47. The lowest BCUT2D eigenvalue weighted by molar-refractivity contribution is -0.138. The first-order valence-electron chi connectivity index (χ1n) is 7.74. The highest BCUT2D eigenvalue weighted by Gasteiger charge is 2.41. The summed E-state index contributed by atoms with van der Waals surface area (Å²) in [6, 6.07) is 0. The number of carbonyl (C=O) groups excluding carboxylic acids is 1. The lowest BCUT2D eigenvalue weighted by atomic mass is 9.92. The van der Waals surface area contributed by atoms with E-state index in [4.69, 9.17) is 0 Å². The van der Waals surface area contributed by atoms with Gasteiger partial charge in [-0.05, 0) is 38.6 Å². The maximum Gasteiger partial charge on any atom is 0.242 e. The van der Waals surface area contributed by atoms with Crippen LogP contribution in [0.5, 0.6) is 0 Å². The fraction of sp³-hybridized carbons (Fsp3) is 0.933. The predicted octanol–water partition coefficient (Wildman–Crippen LogP) is 2.95. The molecule has 0 aromatic rings. The molecule has 1 unspecified atom stereocenters. The highest BCUT2D eigenvalue weighted by atomic mass is 16.2. The average molecular weight is 254 g/mol. The highest BCUT2D eigenvalue weighted by molar-refractivity contribution is 5.86. The smallest absolute Gasteiger partial charge is 0.242 e. The predicted molar refractivity (Wildman–Crippen MR) is 76.7 cm³/mol. The lowest BCUT2D eigenvalue weighted by Crippen LogP contribution is -2.55. The van der Waals surface area contributed by atoms with Gasteiger partial charge in [-0.25, -0.2) is 0 Å². The molecular weight excluding hydrogens is 224 g/mol. The molecule has 1 rings (SSSR count). The van der Waals surface area contributed by atoms with Crippen LogP contribution in [-0.2, 0) is 4.79 Å². The van der Waals surface area contributed by atoms with E-state index in [1.165, 1.54) is 0 Å². The molecule has 1 aliphatic rings. The Morgan fingerprint density at radius 2 is 1.78 bits per heavy atom. The number of hydrogen-bond donors (Lipinski definition) is 1. The van der Waals surface area contributed by atoms with Gasteiger partial charge in [-0.15, -0.1) is 0 Å². The summed E-state index contributed by atoms with van der Waals surface area (Å²) >= 11 is 0. The fourth-order valence-corrected chi connectivity index (χ4v) is 2.76. The number of nitrogens with zero attached hydrogens (tertiary/aromatic N) is 1. The third-order valence-electron chi connectivity index (χ3n) is 4.11. The normalized spacial score (nSPS) is 23.3. The van der Waals surface area contributed by atoms with Crippen molar-refractivity contribution in [1.82, 2.24) is 10.2 Å². The molecule has 0 aromatic carbocycles. The summed E-state index contributed by atoms with van der Waals surface area (Å²) in [6.07, 6.45) is 7.61. The number of carbonyl (C=O) groups is 1. The van der Waals surface area contributed by atoms with Crippen molar-refractivity contribution in [3.8, 4) is 0 Å². The maximum absolute atomic E-state index is 12.8. The van der Waals surface area contributed by atoms with Crippen LogP contribution in [0.15, 0.2) is 0 Å². The number of hydrogen-bond acceptors (Lipinski definition) is 2. The summed E-state index contributed by atoms with van der Waals surface area (Å²) in [5.41, 5.74) is -0.249. The van der Waals surface area contributed by atoms with Gasteiger partial charge < -0.3 is 10.2 Å². The molecule has 1 aliphatic heterocycles. The third kappa shape index (κ3) is 3.71. The largest absolute Gasteiger partial charge is 0.341 e. The van der Waals surface area contributed by atoms with Crippen LogP contribution in [-0.4, -0.2) is 36.0 Å². The average Bonchev–Trinajstić information content (AvgIpc) is 2.88. The molecule has 0 spiro atoms. The first-order chi connectivity index (χ1) is 8.70. The van der Waals surface area contributed by atoms with Crippen molar-refractivity contribution in [3.63, 3.8) is 0 Å². The maximum atomic E-state index is 12.8. The van der Waals surface area contributed by atoms with Gasteiger partial charge in [-0.2, -0.15) is 0 Å². The monoisotopic (exact) mass is 254 g/mol. The van der Waals surface area contributed by atoms with Crippen LogP contribution in [0.1, 0.15) is 65.7 Å². The highest BCUT2D eigenvalue weighted by Crippen LogP contribution is 2.25. The lowest BCUT2D eigenvalue weighted by Gasteiger charge is -2.34. The van der Waals surface area contributed by atoms with E-state index < -0.39 is 0 Å². The standard InChI is InChI=1S/C15H30N2O/c1-4-7-12-17(13-8-5-2)14(18)15(6-3)10-9-11-16-15/h16H,4-13H2,1-3H3. The van der Waals surface area contributed by atoms with E-state index in [-0.39, 0.29) is 5.54 Å². The number of amides is 1. The Bertz CT molecular complexity index is 239. The summed E-state index contributed by atoms with van der Waals surface area (Å²) in [5, 5.41) is 3.46. The van der Waals surface area contributed by atoms with Crippen molar-refractivity contribution >= 4 is 5.91 Å². The molecule has 3 heteroatoms. The van der Waals surface area contributed by atoms with Gasteiger partial charge in [0.2, 0.25) is 5.91 Å². The molecule has 1 fully saturated rings. The number of unbranched alkanes of at least 4 members (excludes halogenated alkanes) is 2. The third-order valence-corrected chi connectivity index (χ3v) is 4.11. The summed E-state index contributed by atoms with van der Waals surface area (Å²) < 4.78 is 0. The van der Waals surface area contributed by atoms with Gasteiger partial charge in [-0.1, -0.05) is 33.6 Å². The topological polar surface area (TPSA) is 32.3 Å². The minimum absolute atomic E-state index is 0.249. The second-order valence-corrected chi connectivity index (χ2v) is 5.47. The minimum Gasteiger partial charge on any atom is -0.341 e. The summed E-state index contributed by atoms with van der Waals surface area (Å²) in [6.45, 7) is 9.36. The molecule has 1 atom stereocenters. The van der Waals surface area contributed by atoms with Crippen molar-refractivity contribution in [2.75, 3.05) is 19.6 Å². The summed E-state index contributed by atoms with van der Waals surface area (Å²) in [7, 11) is 0. The first kappa shape index (κ1) is 15.5. The van der Waals surface area contributed by atoms with E-state index >= 15 is 0 Å². The molecule has 1 saturated heterocycles. The Labute approximate surface area is 112 Å². The van der Waals surface area contributed by atoms with E-state index in [9.17, 15) is 4.79 Å². The zero-order valence-electron chi connectivity index (χ0n) is 12.4. The fourth-order valence-electron chi connectivity index (χ4n) is 2.76. The molecule has 0 radical (unpaired) electrons. The summed E-state index contributed by atoms with van der Waals surface area (Å²) in [4.78, 5) is 14.9. The zero-order valence-corrected chi connectivity index (χ0v) is 12.4. The molecule has 3 nitrogen and oxygen atoms in total. The molecular formula is C15H30N2O. The van der Waals surface area contributed by atoms with E-state index in [1.54, 1.807) is 0 Å². The van der Waals surface area contributed by atoms with Crippen LogP contribution >= 0.6 is 0 Å². The van der Waals surface area contributed by atoms with Crippen molar-refractivity contribution in [1.29, 1.82) is 0 Å².